The first kappa shape index (κ1) is 14.0. The molecule has 0 bridgehead atoms. The second kappa shape index (κ2) is 6.61. The molecule has 0 heterocycles. The molecule has 1 atom stereocenters. The van der Waals surface area contributed by atoms with Crippen LogP contribution in [0.2, 0.25) is 0 Å². The van der Waals surface area contributed by atoms with E-state index in [9.17, 15) is 4.79 Å². The lowest BCUT2D eigenvalue weighted by Crippen LogP contribution is -2.43. The van der Waals surface area contributed by atoms with Crippen molar-refractivity contribution in [2.24, 2.45) is 5.73 Å². The molecule has 3 N–H and O–H groups in total. The second-order valence-corrected chi connectivity index (χ2v) is 4.86. The molecule has 0 saturated heterocycles. The fraction of sp³-hybridized carbons (Fsp3) is 0.333. The summed E-state index contributed by atoms with van der Waals surface area (Å²) in [7, 11) is 0. The van der Waals surface area contributed by atoms with Crippen molar-refractivity contribution in [2.75, 3.05) is 6.26 Å². The zero-order chi connectivity index (χ0) is 12.8. The zero-order valence-corrected chi connectivity index (χ0v) is 11.5. The Kier molecular flexibility index (Phi) is 5.44. The Morgan fingerprint density at radius 1 is 1.53 bits per heavy atom. The highest BCUT2D eigenvalue weighted by Crippen LogP contribution is 2.19. The molecule has 0 aliphatic carbocycles. The number of benzene rings is 1. The molecule has 1 unspecified atom stereocenters. The van der Waals surface area contributed by atoms with Crippen molar-refractivity contribution in [3.63, 3.8) is 0 Å². The molecule has 5 heteroatoms. The van der Waals surface area contributed by atoms with Gasteiger partial charge in [0.1, 0.15) is 0 Å². The Bertz CT molecular complexity index is 421. The molecule has 1 amide bonds. The highest BCUT2D eigenvalue weighted by Gasteiger charge is 2.16. The molecule has 17 heavy (non-hydrogen) atoms. The van der Waals surface area contributed by atoms with Gasteiger partial charge in [0, 0.05) is 4.90 Å². The first-order chi connectivity index (χ1) is 8.10. The van der Waals surface area contributed by atoms with Gasteiger partial charge in [0.25, 0.3) is 5.91 Å². The van der Waals surface area contributed by atoms with Crippen LogP contribution >= 0.6 is 24.0 Å². The quantitative estimate of drug-likeness (QED) is 0.635. The van der Waals surface area contributed by atoms with Crippen molar-refractivity contribution in [2.45, 2.75) is 24.3 Å². The Morgan fingerprint density at radius 3 is 2.71 bits per heavy atom. The number of carbonyl (C=O) groups is 1. The van der Waals surface area contributed by atoms with Crippen molar-refractivity contribution < 1.29 is 4.79 Å². The van der Waals surface area contributed by atoms with Gasteiger partial charge in [-0.3, -0.25) is 4.79 Å². The van der Waals surface area contributed by atoms with Crippen LogP contribution in [0.3, 0.4) is 0 Å². The average molecular weight is 268 g/mol. The summed E-state index contributed by atoms with van der Waals surface area (Å²) in [6.07, 6.45) is 2.64. The minimum atomic E-state index is -0.243. The Hall–Kier alpha value is -1.07. The van der Waals surface area contributed by atoms with Crippen molar-refractivity contribution >= 4 is 34.9 Å². The predicted molar refractivity (Wildman–Crippen MR) is 76.6 cm³/mol. The van der Waals surface area contributed by atoms with Crippen LogP contribution in [0, 0.1) is 0 Å². The number of carbonyl (C=O) groups excluding carboxylic acids is 1. The first-order valence-electron chi connectivity index (χ1n) is 5.33. The summed E-state index contributed by atoms with van der Waals surface area (Å²) in [4.78, 5) is 13.3. The van der Waals surface area contributed by atoms with E-state index in [0.29, 0.717) is 17.0 Å². The fourth-order valence-corrected chi connectivity index (χ4v) is 2.26. The lowest BCUT2D eigenvalue weighted by molar-refractivity contribution is 0.0943. The lowest BCUT2D eigenvalue weighted by Gasteiger charge is -2.16. The molecule has 0 aromatic heterocycles. The van der Waals surface area contributed by atoms with Crippen LogP contribution in [0.1, 0.15) is 23.7 Å². The van der Waals surface area contributed by atoms with Crippen LogP contribution in [-0.4, -0.2) is 23.2 Å². The molecule has 0 spiro atoms. The van der Waals surface area contributed by atoms with Gasteiger partial charge >= 0.3 is 0 Å². The number of thioether (sulfide) groups is 1. The van der Waals surface area contributed by atoms with E-state index in [0.717, 1.165) is 4.90 Å². The van der Waals surface area contributed by atoms with Gasteiger partial charge in [0.15, 0.2) is 0 Å². The monoisotopic (exact) mass is 268 g/mol. The largest absolute Gasteiger partial charge is 0.392 e. The summed E-state index contributed by atoms with van der Waals surface area (Å²) in [6, 6.07) is 7.23. The molecular weight excluding hydrogens is 252 g/mol. The number of hydrogen-bond donors (Lipinski definition) is 2. The number of rotatable bonds is 5. The van der Waals surface area contributed by atoms with Crippen LogP contribution in [-0.2, 0) is 0 Å². The minimum Gasteiger partial charge on any atom is -0.392 e. The Labute approximate surface area is 111 Å². The lowest BCUT2D eigenvalue weighted by atomic mass is 10.1. The summed E-state index contributed by atoms with van der Waals surface area (Å²) in [5, 5.41) is 2.84. The van der Waals surface area contributed by atoms with Crippen LogP contribution in [0.25, 0.3) is 0 Å². The predicted octanol–water partition coefficient (Wildman–Crippen LogP) is 2.20. The molecular formula is C12H16N2OS2. The van der Waals surface area contributed by atoms with Crippen LogP contribution in [0.15, 0.2) is 29.2 Å². The molecule has 0 aliphatic rings. The van der Waals surface area contributed by atoms with Crippen LogP contribution < -0.4 is 11.1 Å². The number of hydrogen-bond acceptors (Lipinski definition) is 3. The number of thiocarbonyl (C=S) groups is 1. The third-order valence-electron chi connectivity index (χ3n) is 2.41. The summed E-state index contributed by atoms with van der Waals surface area (Å²) >= 11 is 6.45. The number of nitrogens with two attached hydrogens (primary N) is 1. The molecule has 1 aromatic rings. The standard InChI is InChI=1S/C12H16N2OS2/c1-3-9(11(13)16)14-12(15)8-6-4-5-7-10(8)17-2/h4-7,9H,3H2,1-2H3,(H2,13,16)(H,14,15). The third-order valence-corrected chi connectivity index (χ3v) is 3.49. The second-order valence-electron chi connectivity index (χ2n) is 3.54. The normalized spacial score (nSPS) is 11.9. The van der Waals surface area contributed by atoms with Crippen molar-refractivity contribution in [3.05, 3.63) is 29.8 Å². The number of amides is 1. The van der Waals surface area contributed by atoms with E-state index >= 15 is 0 Å². The van der Waals surface area contributed by atoms with E-state index in [4.69, 9.17) is 18.0 Å². The van der Waals surface area contributed by atoms with Gasteiger partial charge in [-0.25, -0.2) is 0 Å². The van der Waals surface area contributed by atoms with Gasteiger partial charge in [0.2, 0.25) is 0 Å². The summed E-state index contributed by atoms with van der Waals surface area (Å²) in [5.74, 6) is -0.130. The topological polar surface area (TPSA) is 55.1 Å². The van der Waals surface area contributed by atoms with Gasteiger partial charge in [-0.1, -0.05) is 31.3 Å². The van der Waals surface area contributed by atoms with Crippen LogP contribution in [0.4, 0.5) is 0 Å². The van der Waals surface area contributed by atoms with E-state index in [2.05, 4.69) is 5.32 Å². The van der Waals surface area contributed by atoms with E-state index in [-0.39, 0.29) is 11.9 Å². The van der Waals surface area contributed by atoms with Crippen molar-refractivity contribution in [1.82, 2.24) is 5.32 Å². The van der Waals surface area contributed by atoms with Gasteiger partial charge in [-0.05, 0) is 24.8 Å². The van der Waals surface area contributed by atoms with Crippen molar-refractivity contribution in [1.29, 1.82) is 0 Å². The molecule has 0 saturated carbocycles. The van der Waals surface area contributed by atoms with E-state index < -0.39 is 0 Å². The van der Waals surface area contributed by atoms with E-state index in [1.807, 2.05) is 31.4 Å². The fourth-order valence-electron chi connectivity index (χ4n) is 1.44. The summed E-state index contributed by atoms with van der Waals surface area (Å²) in [5.41, 5.74) is 6.22. The summed E-state index contributed by atoms with van der Waals surface area (Å²) in [6.45, 7) is 1.94. The maximum atomic E-state index is 12.1. The molecule has 3 nitrogen and oxygen atoms in total. The van der Waals surface area contributed by atoms with Crippen molar-refractivity contribution in [3.8, 4) is 0 Å². The highest BCUT2D eigenvalue weighted by molar-refractivity contribution is 7.98. The van der Waals surface area contributed by atoms with E-state index in [1.54, 1.807) is 17.8 Å². The molecule has 0 radical (unpaired) electrons. The molecule has 92 valence electrons. The Balaban J connectivity index is 2.86. The zero-order valence-electron chi connectivity index (χ0n) is 9.90. The smallest absolute Gasteiger partial charge is 0.252 e. The molecule has 0 aliphatic heterocycles. The Morgan fingerprint density at radius 2 is 2.18 bits per heavy atom. The highest BCUT2D eigenvalue weighted by atomic mass is 32.2. The maximum absolute atomic E-state index is 12.1. The SMILES string of the molecule is CCC(NC(=O)c1ccccc1SC)C(N)=S. The van der Waals surface area contributed by atoms with Gasteiger partial charge in [-0.15, -0.1) is 11.8 Å². The van der Waals surface area contributed by atoms with Gasteiger partial charge < -0.3 is 11.1 Å². The first-order valence-corrected chi connectivity index (χ1v) is 6.96. The number of nitrogens with one attached hydrogen (secondary N) is 1. The van der Waals surface area contributed by atoms with Crippen LogP contribution in [0.5, 0.6) is 0 Å². The van der Waals surface area contributed by atoms with Gasteiger partial charge in [-0.2, -0.15) is 0 Å². The summed E-state index contributed by atoms with van der Waals surface area (Å²) < 4.78 is 0. The van der Waals surface area contributed by atoms with E-state index in [1.165, 1.54) is 0 Å². The van der Waals surface area contributed by atoms with Gasteiger partial charge in [0.05, 0.1) is 16.6 Å². The minimum absolute atomic E-state index is 0.130. The molecule has 1 rings (SSSR count). The third kappa shape index (κ3) is 3.71. The molecule has 0 fully saturated rings. The average Bonchev–Trinajstić information content (AvgIpc) is 2.35. The maximum Gasteiger partial charge on any atom is 0.252 e. The molecule has 1 aromatic carbocycles.